The number of hydrogen-bond acceptors (Lipinski definition) is 3. The molecule has 2 N–H and O–H groups in total. The first kappa shape index (κ1) is 14.4. The van der Waals surface area contributed by atoms with E-state index in [1.807, 2.05) is 43.8 Å². The lowest BCUT2D eigenvalue weighted by Crippen LogP contribution is -2.16. The molecular weight excluding hydrogens is 230 g/mol. The van der Waals surface area contributed by atoms with Gasteiger partial charge in [-0.05, 0) is 32.1 Å². The Balaban J connectivity index is 2.67. The number of hydrogen-bond donors (Lipinski definition) is 1. The third-order valence-electron chi connectivity index (χ3n) is 2.33. The molecule has 0 aliphatic rings. The lowest BCUT2D eigenvalue weighted by Gasteiger charge is -2.18. The van der Waals surface area contributed by atoms with Crippen molar-refractivity contribution in [2.45, 2.75) is 39.3 Å². The van der Waals surface area contributed by atoms with E-state index in [1.54, 1.807) is 0 Å². The Kier molecular flexibility index (Phi) is 6.45. The van der Waals surface area contributed by atoms with Gasteiger partial charge in [-0.15, -0.1) is 0 Å². The summed E-state index contributed by atoms with van der Waals surface area (Å²) in [6.07, 6.45) is 1.38. The summed E-state index contributed by atoms with van der Waals surface area (Å²) in [5.41, 5.74) is 7.33. The largest absolute Gasteiger partial charge is 0.491 e. The average Bonchev–Trinajstić information content (AvgIpc) is 2.29. The molecule has 0 radical (unpaired) electrons. The maximum absolute atomic E-state index is 6.21. The minimum Gasteiger partial charge on any atom is -0.491 e. The molecule has 96 valence electrons. The van der Waals surface area contributed by atoms with E-state index < -0.39 is 0 Å². The van der Waals surface area contributed by atoms with Crippen molar-refractivity contribution in [3.63, 3.8) is 0 Å². The monoisotopic (exact) mass is 253 g/mol. The maximum Gasteiger partial charge on any atom is 0.124 e. The van der Waals surface area contributed by atoms with Gasteiger partial charge >= 0.3 is 0 Å². The van der Waals surface area contributed by atoms with E-state index in [2.05, 4.69) is 13.0 Å². The highest BCUT2D eigenvalue weighted by Crippen LogP contribution is 2.26. The highest BCUT2D eigenvalue weighted by molar-refractivity contribution is 7.99. The number of benzene rings is 1. The molecule has 3 heteroatoms. The van der Waals surface area contributed by atoms with Crippen molar-refractivity contribution < 1.29 is 4.74 Å². The quantitative estimate of drug-likeness (QED) is 0.754. The smallest absolute Gasteiger partial charge is 0.124 e. The summed E-state index contributed by atoms with van der Waals surface area (Å²) >= 11 is 1.90. The average molecular weight is 253 g/mol. The fourth-order valence-corrected chi connectivity index (χ4v) is 2.48. The fraction of sp³-hybridized carbons (Fsp3) is 0.571. The summed E-state index contributed by atoms with van der Waals surface area (Å²) in [4.78, 5) is 0. The first-order valence-corrected chi connectivity index (χ1v) is 7.39. The van der Waals surface area contributed by atoms with E-state index >= 15 is 0 Å². The Morgan fingerprint density at radius 3 is 2.65 bits per heavy atom. The molecule has 0 heterocycles. The van der Waals surface area contributed by atoms with E-state index in [9.17, 15) is 0 Å². The van der Waals surface area contributed by atoms with Gasteiger partial charge in [-0.2, -0.15) is 11.8 Å². The molecule has 1 atom stereocenters. The lowest BCUT2D eigenvalue weighted by molar-refractivity contribution is 0.239. The molecule has 1 unspecified atom stereocenters. The summed E-state index contributed by atoms with van der Waals surface area (Å²) in [7, 11) is 0. The van der Waals surface area contributed by atoms with Crippen LogP contribution in [0, 0.1) is 0 Å². The zero-order valence-corrected chi connectivity index (χ0v) is 11.8. The van der Waals surface area contributed by atoms with E-state index in [0.717, 1.165) is 17.1 Å². The van der Waals surface area contributed by atoms with Crippen LogP contribution in [0.4, 0.5) is 0 Å². The normalized spacial score (nSPS) is 12.8. The molecule has 0 fully saturated rings. The summed E-state index contributed by atoms with van der Waals surface area (Å²) in [5, 5.41) is 0. The zero-order chi connectivity index (χ0) is 12.7. The van der Waals surface area contributed by atoms with Gasteiger partial charge in [-0.25, -0.2) is 0 Å². The molecule has 17 heavy (non-hydrogen) atoms. The van der Waals surface area contributed by atoms with Crippen molar-refractivity contribution in [3.8, 4) is 5.75 Å². The van der Waals surface area contributed by atoms with Gasteiger partial charge < -0.3 is 10.5 Å². The van der Waals surface area contributed by atoms with Crippen LogP contribution >= 0.6 is 11.8 Å². The molecule has 1 rings (SSSR count). The Labute approximate surface area is 109 Å². The van der Waals surface area contributed by atoms with Crippen molar-refractivity contribution in [2.75, 3.05) is 11.5 Å². The molecule has 1 aromatic rings. The van der Waals surface area contributed by atoms with Crippen molar-refractivity contribution >= 4 is 11.8 Å². The minimum atomic E-state index is 0.0569. The predicted octanol–water partition coefficient (Wildman–Crippen LogP) is 3.62. The summed E-state index contributed by atoms with van der Waals surface area (Å²) in [5.74, 6) is 3.04. The maximum atomic E-state index is 6.21. The Morgan fingerprint density at radius 1 is 1.29 bits per heavy atom. The van der Waals surface area contributed by atoms with Gasteiger partial charge in [0.2, 0.25) is 0 Å². The predicted molar refractivity (Wildman–Crippen MR) is 76.8 cm³/mol. The van der Waals surface area contributed by atoms with Crippen molar-refractivity contribution in [1.82, 2.24) is 0 Å². The third kappa shape index (κ3) is 5.00. The van der Waals surface area contributed by atoms with Gasteiger partial charge in [0.15, 0.2) is 0 Å². The topological polar surface area (TPSA) is 35.2 Å². The first-order valence-electron chi connectivity index (χ1n) is 6.24. The van der Waals surface area contributed by atoms with Gasteiger partial charge in [-0.3, -0.25) is 0 Å². The van der Waals surface area contributed by atoms with Crippen molar-refractivity contribution in [3.05, 3.63) is 29.8 Å². The van der Waals surface area contributed by atoms with Crippen LogP contribution in [0.3, 0.4) is 0 Å². The molecule has 0 aliphatic heterocycles. The molecule has 0 bridgehead atoms. The second-order valence-electron chi connectivity index (χ2n) is 4.39. The van der Waals surface area contributed by atoms with Crippen molar-refractivity contribution in [1.29, 1.82) is 0 Å². The Bertz CT molecular complexity index is 328. The van der Waals surface area contributed by atoms with Gasteiger partial charge in [0.25, 0.3) is 0 Å². The molecular formula is C14H23NOS. The van der Waals surface area contributed by atoms with Crippen LogP contribution in [0.1, 0.15) is 38.8 Å². The van der Waals surface area contributed by atoms with Crippen LogP contribution in [0.5, 0.6) is 5.75 Å². The highest BCUT2D eigenvalue weighted by Gasteiger charge is 2.12. The third-order valence-corrected chi connectivity index (χ3v) is 3.62. The molecule has 0 amide bonds. The molecule has 2 nitrogen and oxygen atoms in total. The number of rotatable bonds is 7. The fourth-order valence-electron chi connectivity index (χ4n) is 1.59. The molecule has 0 aromatic heterocycles. The van der Waals surface area contributed by atoms with Gasteiger partial charge in [0, 0.05) is 17.4 Å². The second-order valence-corrected chi connectivity index (χ2v) is 5.54. The van der Waals surface area contributed by atoms with E-state index in [1.165, 1.54) is 12.2 Å². The van der Waals surface area contributed by atoms with Crippen LogP contribution in [0.15, 0.2) is 24.3 Å². The number of nitrogens with two attached hydrogens (primary N) is 1. The van der Waals surface area contributed by atoms with Gasteiger partial charge in [-0.1, -0.05) is 25.1 Å². The second kappa shape index (κ2) is 7.62. The van der Waals surface area contributed by atoms with Crippen LogP contribution in [0.2, 0.25) is 0 Å². The standard InChI is InChI=1S/C14H23NOS/c1-4-9-17-10-13(15)12-7-5-6-8-14(12)16-11(2)3/h5-8,11,13H,4,9-10,15H2,1-3H3. The summed E-state index contributed by atoms with van der Waals surface area (Å²) in [6, 6.07) is 8.13. The Morgan fingerprint density at radius 2 is 2.00 bits per heavy atom. The molecule has 0 saturated heterocycles. The van der Waals surface area contributed by atoms with Gasteiger partial charge in [0.1, 0.15) is 5.75 Å². The first-order chi connectivity index (χ1) is 8.15. The number of ether oxygens (including phenoxy) is 1. The summed E-state index contributed by atoms with van der Waals surface area (Å²) < 4.78 is 5.78. The Hall–Kier alpha value is -0.670. The van der Waals surface area contributed by atoms with Crippen LogP contribution in [-0.4, -0.2) is 17.6 Å². The lowest BCUT2D eigenvalue weighted by atomic mass is 10.1. The van der Waals surface area contributed by atoms with Crippen LogP contribution in [-0.2, 0) is 0 Å². The molecule has 0 aliphatic carbocycles. The number of para-hydroxylation sites is 1. The SMILES string of the molecule is CCCSCC(N)c1ccccc1OC(C)C. The number of thioether (sulfide) groups is 1. The van der Waals surface area contributed by atoms with E-state index in [4.69, 9.17) is 10.5 Å². The van der Waals surface area contributed by atoms with E-state index in [-0.39, 0.29) is 12.1 Å². The highest BCUT2D eigenvalue weighted by atomic mass is 32.2. The van der Waals surface area contributed by atoms with Crippen LogP contribution in [0.25, 0.3) is 0 Å². The molecule has 0 saturated carbocycles. The molecule has 0 spiro atoms. The zero-order valence-electron chi connectivity index (χ0n) is 11.0. The van der Waals surface area contributed by atoms with Crippen molar-refractivity contribution in [2.24, 2.45) is 5.73 Å². The minimum absolute atomic E-state index is 0.0569. The molecule has 1 aromatic carbocycles. The van der Waals surface area contributed by atoms with Gasteiger partial charge in [0.05, 0.1) is 6.10 Å². The van der Waals surface area contributed by atoms with Crippen LogP contribution < -0.4 is 10.5 Å². The summed E-state index contributed by atoms with van der Waals surface area (Å²) in [6.45, 7) is 6.26. The van der Waals surface area contributed by atoms with E-state index in [0.29, 0.717) is 0 Å².